The van der Waals surface area contributed by atoms with E-state index in [0.717, 1.165) is 40.3 Å². The highest BCUT2D eigenvalue weighted by Crippen LogP contribution is 2.38. The van der Waals surface area contributed by atoms with Crippen molar-refractivity contribution in [1.82, 2.24) is 18.7 Å². The zero-order valence-corrected chi connectivity index (χ0v) is 17.2. The summed E-state index contributed by atoms with van der Waals surface area (Å²) < 4.78 is 8.42. The lowest BCUT2D eigenvalue weighted by Gasteiger charge is -2.10. The summed E-state index contributed by atoms with van der Waals surface area (Å²) in [5.41, 5.74) is 9.70. The van der Waals surface area contributed by atoms with Gasteiger partial charge in [-0.25, -0.2) is 9.97 Å². The minimum atomic E-state index is -0.141. The van der Waals surface area contributed by atoms with Gasteiger partial charge in [-0.05, 0) is 43.4 Å². The van der Waals surface area contributed by atoms with E-state index < -0.39 is 0 Å². The molecule has 142 valence electrons. The summed E-state index contributed by atoms with van der Waals surface area (Å²) in [4.78, 5) is 23.8. The van der Waals surface area contributed by atoms with Crippen molar-refractivity contribution < 1.29 is 4.79 Å². The molecule has 3 N–H and O–H groups in total. The van der Waals surface area contributed by atoms with Gasteiger partial charge in [0.1, 0.15) is 21.7 Å². The number of rotatable bonds is 4. The molecule has 0 saturated heterocycles. The van der Waals surface area contributed by atoms with Gasteiger partial charge in [-0.15, -0.1) is 11.3 Å². The third kappa shape index (κ3) is 3.21. The first-order valence-corrected chi connectivity index (χ1v) is 11.4. The number of amides is 1. The maximum absolute atomic E-state index is 12.4. The number of fused-ring (bicyclic) bond motifs is 4. The van der Waals surface area contributed by atoms with Crippen LogP contribution in [0.25, 0.3) is 21.3 Å². The molecular weight excluding hydrogens is 412 g/mol. The Kier molecular flexibility index (Phi) is 4.61. The van der Waals surface area contributed by atoms with Gasteiger partial charge in [0.05, 0.1) is 28.6 Å². The van der Waals surface area contributed by atoms with Crippen molar-refractivity contribution in [2.24, 2.45) is 0 Å². The quantitative estimate of drug-likeness (QED) is 0.375. The van der Waals surface area contributed by atoms with Crippen molar-refractivity contribution in [3.05, 3.63) is 28.6 Å². The second-order valence-electron chi connectivity index (χ2n) is 6.56. The first-order valence-electron chi connectivity index (χ1n) is 8.91. The lowest BCUT2D eigenvalue weighted by Crippen LogP contribution is -2.14. The van der Waals surface area contributed by atoms with Crippen molar-refractivity contribution in [3.8, 4) is 0 Å². The van der Waals surface area contributed by atoms with Crippen molar-refractivity contribution in [2.75, 3.05) is 16.8 Å². The van der Waals surface area contributed by atoms with Crippen LogP contribution in [-0.4, -0.2) is 30.4 Å². The van der Waals surface area contributed by atoms with Gasteiger partial charge < -0.3 is 11.1 Å². The third-order valence-corrected chi connectivity index (χ3v) is 7.29. The first kappa shape index (κ1) is 17.8. The van der Waals surface area contributed by atoms with Gasteiger partial charge in [0, 0.05) is 4.88 Å². The van der Waals surface area contributed by atoms with Gasteiger partial charge in [-0.1, -0.05) is 17.8 Å². The molecule has 0 atom stereocenters. The molecule has 1 aliphatic carbocycles. The van der Waals surface area contributed by atoms with Crippen LogP contribution in [0.1, 0.15) is 23.3 Å². The number of nitrogens with two attached hydrogens (primary N) is 1. The number of nitrogens with one attached hydrogen (secondary N) is 1. The van der Waals surface area contributed by atoms with Crippen LogP contribution in [0, 0.1) is 0 Å². The Morgan fingerprint density at radius 2 is 2.11 bits per heavy atom. The number of thiophene rings is 1. The highest BCUT2D eigenvalue weighted by atomic mass is 32.2. The summed E-state index contributed by atoms with van der Waals surface area (Å²) in [6, 6.07) is 5.54. The fourth-order valence-electron chi connectivity index (χ4n) is 3.45. The fourth-order valence-corrected chi connectivity index (χ4v) is 5.98. The van der Waals surface area contributed by atoms with Gasteiger partial charge in [0.25, 0.3) is 0 Å². The summed E-state index contributed by atoms with van der Waals surface area (Å²) in [5, 5.41) is 4.44. The maximum Gasteiger partial charge on any atom is 0.234 e. The minimum Gasteiger partial charge on any atom is -0.383 e. The molecule has 0 fully saturated rings. The molecule has 0 saturated carbocycles. The lowest BCUT2D eigenvalue weighted by atomic mass is 9.97. The molecule has 1 amide bonds. The predicted octanol–water partition coefficient (Wildman–Crippen LogP) is 3.89. The fraction of sp³-hybridized carbons (Fsp3) is 0.278. The third-order valence-electron chi connectivity index (χ3n) is 4.71. The Hall–Kier alpha value is -2.30. The average Bonchev–Trinajstić information content (AvgIpc) is 3.31. The van der Waals surface area contributed by atoms with E-state index in [2.05, 4.69) is 24.0 Å². The Balaban J connectivity index is 1.33. The average molecular weight is 429 g/mol. The molecule has 4 aromatic rings. The number of aromatic nitrogens is 4. The van der Waals surface area contributed by atoms with Crippen molar-refractivity contribution in [1.29, 1.82) is 0 Å². The number of thioether (sulfide) groups is 1. The number of nitrogens with zero attached hydrogens (tertiary/aromatic N) is 4. The van der Waals surface area contributed by atoms with Gasteiger partial charge in [-0.2, -0.15) is 8.75 Å². The summed E-state index contributed by atoms with van der Waals surface area (Å²) in [6.07, 6.45) is 4.55. The van der Waals surface area contributed by atoms with Crippen molar-refractivity contribution >= 4 is 73.5 Å². The van der Waals surface area contributed by atoms with Gasteiger partial charge in [-0.3, -0.25) is 4.79 Å². The van der Waals surface area contributed by atoms with Crippen LogP contribution in [0.2, 0.25) is 0 Å². The van der Waals surface area contributed by atoms with E-state index in [0.29, 0.717) is 22.2 Å². The van der Waals surface area contributed by atoms with Gasteiger partial charge in [0.2, 0.25) is 5.91 Å². The van der Waals surface area contributed by atoms with Gasteiger partial charge in [0.15, 0.2) is 5.16 Å². The van der Waals surface area contributed by atoms with Crippen LogP contribution >= 0.6 is 34.8 Å². The van der Waals surface area contributed by atoms with E-state index >= 15 is 0 Å². The molecule has 0 spiro atoms. The number of nitrogen functional groups attached to an aromatic ring is 1. The number of carbonyl (C=O) groups excluding carboxylic acids is 1. The summed E-state index contributed by atoms with van der Waals surface area (Å²) >= 11 is 4.13. The molecule has 10 heteroatoms. The molecule has 0 aliphatic heterocycles. The molecule has 0 bridgehead atoms. The van der Waals surface area contributed by atoms with Crippen molar-refractivity contribution in [2.45, 2.75) is 30.8 Å². The number of hydrogen-bond donors (Lipinski definition) is 2. The number of anilines is 2. The van der Waals surface area contributed by atoms with Crippen molar-refractivity contribution in [3.63, 3.8) is 0 Å². The molecule has 3 aromatic heterocycles. The second-order valence-corrected chi connectivity index (χ2v) is 9.11. The molecular formula is C18H16N6OS3. The Morgan fingerprint density at radius 1 is 1.21 bits per heavy atom. The number of benzene rings is 1. The first-order chi connectivity index (χ1) is 13.7. The van der Waals surface area contributed by atoms with Crippen LogP contribution in [0.15, 0.2) is 23.4 Å². The molecule has 0 radical (unpaired) electrons. The molecule has 0 unspecified atom stereocenters. The number of aryl methyl sites for hydroxylation is 2. The molecule has 3 heterocycles. The number of carbonyl (C=O) groups is 1. The van der Waals surface area contributed by atoms with E-state index in [4.69, 9.17) is 5.73 Å². The topological polar surface area (TPSA) is 107 Å². The molecule has 28 heavy (non-hydrogen) atoms. The van der Waals surface area contributed by atoms with E-state index in [1.165, 1.54) is 35.0 Å². The SMILES string of the molecule is Nc1nc(SCC(=O)Nc2cccc3nsnc23)nc2sc3c(c12)CCCC3. The van der Waals surface area contributed by atoms with Gasteiger partial charge >= 0.3 is 0 Å². The molecule has 5 rings (SSSR count). The summed E-state index contributed by atoms with van der Waals surface area (Å²) in [6.45, 7) is 0. The Bertz CT molecular complexity index is 1200. The highest BCUT2D eigenvalue weighted by molar-refractivity contribution is 7.99. The van der Waals surface area contributed by atoms with Crippen LogP contribution in [0.3, 0.4) is 0 Å². The van der Waals surface area contributed by atoms with E-state index in [-0.39, 0.29) is 11.7 Å². The monoisotopic (exact) mass is 428 g/mol. The van der Waals surface area contributed by atoms with Crippen LogP contribution in [0.4, 0.5) is 11.5 Å². The van der Waals surface area contributed by atoms with Crippen LogP contribution in [-0.2, 0) is 17.6 Å². The minimum absolute atomic E-state index is 0.141. The molecule has 1 aliphatic rings. The largest absolute Gasteiger partial charge is 0.383 e. The normalized spacial score (nSPS) is 13.7. The summed E-state index contributed by atoms with van der Waals surface area (Å²) in [7, 11) is 0. The standard InChI is InChI=1S/C18H16N6OS3/c19-16-14-9-4-1-2-7-12(9)27-17(14)22-18(21-16)26-8-13(25)20-10-5-3-6-11-15(10)24-28-23-11/h3,5-6H,1-2,4,7-8H2,(H,20,25)(H2,19,21,22). The zero-order valence-electron chi connectivity index (χ0n) is 14.8. The smallest absolute Gasteiger partial charge is 0.234 e. The van der Waals surface area contributed by atoms with E-state index in [1.54, 1.807) is 11.3 Å². The van der Waals surface area contributed by atoms with E-state index in [9.17, 15) is 4.79 Å². The second kappa shape index (κ2) is 7.26. The van der Waals surface area contributed by atoms with Crippen LogP contribution < -0.4 is 11.1 Å². The van der Waals surface area contributed by atoms with Crippen LogP contribution in [0.5, 0.6) is 0 Å². The zero-order chi connectivity index (χ0) is 19.1. The maximum atomic E-state index is 12.4. The predicted molar refractivity (Wildman–Crippen MR) is 115 cm³/mol. The number of hydrogen-bond acceptors (Lipinski definition) is 9. The highest BCUT2D eigenvalue weighted by Gasteiger charge is 2.20. The molecule has 1 aromatic carbocycles. The summed E-state index contributed by atoms with van der Waals surface area (Å²) in [5.74, 6) is 0.577. The lowest BCUT2D eigenvalue weighted by molar-refractivity contribution is -0.113. The molecule has 7 nitrogen and oxygen atoms in total. The Morgan fingerprint density at radius 3 is 3.04 bits per heavy atom. The Labute approximate surface area is 173 Å². The van der Waals surface area contributed by atoms with E-state index in [1.807, 2.05) is 18.2 Å².